The number of hydrazone groups is 1. The molecule has 0 saturated carbocycles. The standard InChI is InChI=1S/C19H16ClN3O3/c1-2-11-26-17-10-6-3-7-14(17)13-21-23-19(25)12-18(24)22-16-9-5-4-8-15(16)20/h1,3-10,13H,11-12H2,(H,22,24)(H,23,25). The van der Waals surface area contributed by atoms with Crippen molar-refractivity contribution in [2.24, 2.45) is 5.10 Å². The number of hydrogen-bond acceptors (Lipinski definition) is 4. The van der Waals surface area contributed by atoms with Gasteiger partial charge in [0, 0.05) is 5.56 Å². The molecule has 132 valence electrons. The highest BCUT2D eigenvalue weighted by Crippen LogP contribution is 2.20. The molecule has 2 aromatic carbocycles. The number of carbonyl (C=O) groups is 2. The van der Waals surface area contributed by atoms with Crippen LogP contribution in [0.5, 0.6) is 5.75 Å². The monoisotopic (exact) mass is 369 g/mol. The van der Waals surface area contributed by atoms with E-state index in [0.29, 0.717) is 22.0 Å². The van der Waals surface area contributed by atoms with Gasteiger partial charge in [0.15, 0.2) is 0 Å². The van der Waals surface area contributed by atoms with Crippen molar-refractivity contribution in [1.82, 2.24) is 5.43 Å². The predicted molar refractivity (Wildman–Crippen MR) is 101 cm³/mol. The highest BCUT2D eigenvalue weighted by atomic mass is 35.5. The minimum absolute atomic E-state index is 0.124. The molecule has 2 rings (SSSR count). The predicted octanol–water partition coefficient (Wildman–Crippen LogP) is 2.83. The van der Waals surface area contributed by atoms with E-state index in [1.807, 2.05) is 0 Å². The molecule has 0 aliphatic rings. The maximum Gasteiger partial charge on any atom is 0.249 e. The summed E-state index contributed by atoms with van der Waals surface area (Å²) in [6.07, 6.45) is 6.19. The van der Waals surface area contributed by atoms with Crippen molar-refractivity contribution < 1.29 is 14.3 Å². The first-order chi connectivity index (χ1) is 12.6. The number of amides is 2. The first kappa shape index (κ1) is 19.0. The number of benzene rings is 2. The molecular weight excluding hydrogens is 354 g/mol. The smallest absolute Gasteiger partial charge is 0.249 e. The molecule has 2 amide bonds. The summed E-state index contributed by atoms with van der Waals surface area (Å²) in [4.78, 5) is 23.7. The highest BCUT2D eigenvalue weighted by Gasteiger charge is 2.10. The van der Waals surface area contributed by atoms with Crippen molar-refractivity contribution in [2.75, 3.05) is 11.9 Å². The number of terminal acetylenes is 1. The molecule has 0 heterocycles. The lowest BCUT2D eigenvalue weighted by atomic mass is 10.2. The van der Waals surface area contributed by atoms with Gasteiger partial charge in [-0.05, 0) is 24.3 Å². The van der Waals surface area contributed by atoms with Crippen molar-refractivity contribution >= 4 is 35.3 Å². The molecule has 0 aliphatic carbocycles. The zero-order chi connectivity index (χ0) is 18.8. The largest absolute Gasteiger partial charge is 0.480 e. The van der Waals surface area contributed by atoms with Crippen LogP contribution in [-0.4, -0.2) is 24.6 Å². The molecule has 0 bridgehead atoms. The first-order valence-electron chi connectivity index (χ1n) is 7.61. The van der Waals surface area contributed by atoms with Crippen LogP contribution < -0.4 is 15.5 Å². The van der Waals surface area contributed by atoms with Gasteiger partial charge in [-0.25, -0.2) is 5.43 Å². The summed E-state index contributed by atoms with van der Waals surface area (Å²) in [5.41, 5.74) is 3.37. The van der Waals surface area contributed by atoms with Crippen molar-refractivity contribution in [2.45, 2.75) is 6.42 Å². The number of nitrogens with one attached hydrogen (secondary N) is 2. The van der Waals surface area contributed by atoms with Crippen LogP contribution in [-0.2, 0) is 9.59 Å². The van der Waals surface area contributed by atoms with E-state index in [0.717, 1.165) is 0 Å². The molecule has 6 nitrogen and oxygen atoms in total. The lowest BCUT2D eigenvalue weighted by Gasteiger charge is -2.06. The Balaban J connectivity index is 1.87. The number of rotatable bonds is 7. The Bertz CT molecular complexity index is 859. The van der Waals surface area contributed by atoms with Crippen molar-refractivity contribution in [3.05, 3.63) is 59.1 Å². The van der Waals surface area contributed by atoms with Crippen LogP contribution in [0, 0.1) is 12.3 Å². The Morgan fingerprint density at radius 1 is 1.15 bits per heavy atom. The van der Waals surface area contributed by atoms with E-state index >= 15 is 0 Å². The molecule has 0 fully saturated rings. The molecule has 0 radical (unpaired) electrons. The van der Waals surface area contributed by atoms with Crippen LogP contribution in [0.3, 0.4) is 0 Å². The number of ether oxygens (including phenoxy) is 1. The minimum atomic E-state index is -0.562. The average Bonchev–Trinajstić information content (AvgIpc) is 2.62. The van der Waals surface area contributed by atoms with Crippen LogP contribution in [0.25, 0.3) is 0 Å². The van der Waals surface area contributed by atoms with Gasteiger partial charge in [0.25, 0.3) is 0 Å². The summed E-state index contributed by atoms with van der Waals surface area (Å²) in [5, 5.41) is 6.78. The van der Waals surface area contributed by atoms with Crippen LogP contribution in [0.15, 0.2) is 53.6 Å². The molecule has 0 spiro atoms. The number of para-hydroxylation sites is 2. The topological polar surface area (TPSA) is 79.8 Å². The summed E-state index contributed by atoms with van der Waals surface area (Å²) in [7, 11) is 0. The highest BCUT2D eigenvalue weighted by molar-refractivity contribution is 6.33. The Morgan fingerprint density at radius 3 is 2.65 bits per heavy atom. The van der Waals surface area contributed by atoms with E-state index in [4.69, 9.17) is 22.8 Å². The van der Waals surface area contributed by atoms with Crippen molar-refractivity contribution in [3.63, 3.8) is 0 Å². The first-order valence-corrected chi connectivity index (χ1v) is 7.99. The molecule has 0 saturated heterocycles. The van der Waals surface area contributed by atoms with Crippen LogP contribution in [0.1, 0.15) is 12.0 Å². The Labute approximate surface area is 156 Å². The van der Waals surface area contributed by atoms with Gasteiger partial charge in [0.05, 0.1) is 16.9 Å². The lowest BCUT2D eigenvalue weighted by Crippen LogP contribution is -2.24. The van der Waals surface area contributed by atoms with E-state index in [1.165, 1.54) is 6.21 Å². The van der Waals surface area contributed by atoms with Gasteiger partial charge in [-0.15, -0.1) is 6.42 Å². The van der Waals surface area contributed by atoms with Gasteiger partial charge in [0.2, 0.25) is 11.8 Å². The fraction of sp³-hybridized carbons (Fsp3) is 0.105. The van der Waals surface area contributed by atoms with Crippen LogP contribution in [0.2, 0.25) is 5.02 Å². The lowest BCUT2D eigenvalue weighted by molar-refractivity contribution is -0.126. The maximum absolute atomic E-state index is 11.9. The molecule has 0 aliphatic heterocycles. The van der Waals surface area contributed by atoms with Crippen LogP contribution in [0.4, 0.5) is 5.69 Å². The Kier molecular flexibility index (Phi) is 7.22. The Morgan fingerprint density at radius 2 is 1.88 bits per heavy atom. The van der Waals surface area contributed by atoms with Gasteiger partial charge in [-0.1, -0.05) is 41.8 Å². The second-order valence-corrected chi connectivity index (χ2v) is 5.44. The molecule has 0 unspecified atom stereocenters. The molecule has 2 aromatic rings. The van der Waals surface area contributed by atoms with E-state index < -0.39 is 18.2 Å². The third kappa shape index (κ3) is 5.96. The molecule has 7 heteroatoms. The fourth-order valence-corrected chi connectivity index (χ4v) is 2.14. The molecular formula is C19H16ClN3O3. The second-order valence-electron chi connectivity index (χ2n) is 5.03. The molecule has 26 heavy (non-hydrogen) atoms. The number of halogens is 1. The fourth-order valence-electron chi connectivity index (χ4n) is 1.95. The maximum atomic E-state index is 11.9. The summed E-state index contributed by atoms with van der Waals surface area (Å²) in [5.74, 6) is 1.86. The SMILES string of the molecule is C#CCOc1ccccc1C=NNC(=O)CC(=O)Nc1ccccc1Cl. The minimum Gasteiger partial charge on any atom is -0.480 e. The van der Waals surface area contributed by atoms with Crippen LogP contribution >= 0.6 is 11.6 Å². The van der Waals surface area contributed by atoms with Gasteiger partial charge >= 0.3 is 0 Å². The van der Waals surface area contributed by atoms with Crippen molar-refractivity contribution in [1.29, 1.82) is 0 Å². The summed E-state index contributed by atoms with van der Waals surface area (Å²) >= 11 is 5.94. The van der Waals surface area contributed by atoms with E-state index in [9.17, 15) is 9.59 Å². The second kappa shape index (κ2) is 9.87. The average molecular weight is 370 g/mol. The van der Waals surface area contributed by atoms with E-state index in [2.05, 4.69) is 21.8 Å². The third-order valence-corrected chi connectivity index (χ3v) is 3.42. The van der Waals surface area contributed by atoms with E-state index in [-0.39, 0.29) is 6.61 Å². The number of hydrogen-bond donors (Lipinski definition) is 2. The van der Waals surface area contributed by atoms with Gasteiger partial charge in [-0.2, -0.15) is 5.10 Å². The van der Waals surface area contributed by atoms with E-state index in [1.54, 1.807) is 48.5 Å². The third-order valence-electron chi connectivity index (χ3n) is 3.09. The van der Waals surface area contributed by atoms with Gasteiger partial charge in [0.1, 0.15) is 18.8 Å². The quantitative estimate of drug-likeness (QED) is 0.341. The molecule has 0 atom stereocenters. The zero-order valence-electron chi connectivity index (χ0n) is 13.7. The molecule has 0 aromatic heterocycles. The van der Waals surface area contributed by atoms with Gasteiger partial charge < -0.3 is 10.1 Å². The summed E-state index contributed by atoms with van der Waals surface area (Å²) in [6.45, 7) is 0.124. The van der Waals surface area contributed by atoms with Gasteiger partial charge in [-0.3, -0.25) is 9.59 Å². The molecule has 2 N–H and O–H groups in total. The number of nitrogens with zero attached hydrogens (tertiary/aromatic N) is 1. The number of anilines is 1. The number of carbonyl (C=O) groups excluding carboxylic acids is 2. The zero-order valence-corrected chi connectivity index (χ0v) is 14.5. The Hall–Kier alpha value is -3.30. The summed E-state index contributed by atoms with van der Waals surface area (Å²) < 4.78 is 5.37. The normalized spacial score (nSPS) is 10.2. The summed E-state index contributed by atoms with van der Waals surface area (Å²) in [6, 6.07) is 13.8. The van der Waals surface area contributed by atoms with Crippen molar-refractivity contribution in [3.8, 4) is 18.1 Å².